The summed E-state index contributed by atoms with van der Waals surface area (Å²) < 4.78 is 5.33. The van der Waals surface area contributed by atoms with E-state index in [1.165, 1.54) is 4.88 Å². The number of nitrogens with zero attached hydrogens (tertiary/aromatic N) is 5. The quantitative estimate of drug-likeness (QED) is 0.568. The Morgan fingerprint density at radius 3 is 2.58 bits per heavy atom. The lowest BCUT2D eigenvalue weighted by atomic mass is 10.1. The first-order valence-electron chi connectivity index (χ1n) is 10.5. The van der Waals surface area contributed by atoms with Crippen LogP contribution in [0.3, 0.4) is 0 Å². The van der Waals surface area contributed by atoms with Crippen LogP contribution in [0.5, 0.6) is 0 Å². The molecule has 3 aromatic rings. The van der Waals surface area contributed by atoms with E-state index in [-0.39, 0.29) is 11.9 Å². The second-order valence-electron chi connectivity index (χ2n) is 7.98. The normalized spacial score (nSPS) is 20.4. The molecule has 162 valence electrons. The molecule has 7 nitrogen and oxygen atoms in total. The maximum atomic E-state index is 13.3. The number of carbonyl (C=O) groups is 1. The van der Waals surface area contributed by atoms with Crippen molar-refractivity contribution < 1.29 is 9.32 Å². The first kappa shape index (κ1) is 20.6. The Kier molecular flexibility index (Phi) is 5.99. The molecule has 5 heterocycles. The van der Waals surface area contributed by atoms with E-state index in [4.69, 9.17) is 9.62 Å². The largest absolute Gasteiger partial charge is 0.360 e. The van der Waals surface area contributed by atoms with Gasteiger partial charge in [0.25, 0.3) is 5.91 Å². The van der Waals surface area contributed by atoms with Gasteiger partial charge in [0.2, 0.25) is 0 Å². The van der Waals surface area contributed by atoms with Gasteiger partial charge in [-0.2, -0.15) is 5.10 Å². The Morgan fingerprint density at radius 1 is 1.13 bits per heavy atom. The van der Waals surface area contributed by atoms with Crippen LogP contribution >= 0.6 is 22.7 Å². The van der Waals surface area contributed by atoms with Crippen molar-refractivity contribution in [3.63, 3.8) is 0 Å². The highest BCUT2D eigenvalue weighted by Gasteiger charge is 2.35. The molecule has 2 aliphatic rings. The van der Waals surface area contributed by atoms with Gasteiger partial charge in [-0.05, 0) is 29.8 Å². The summed E-state index contributed by atoms with van der Waals surface area (Å²) >= 11 is 3.37. The lowest BCUT2D eigenvalue weighted by Crippen LogP contribution is -2.49. The summed E-state index contributed by atoms with van der Waals surface area (Å²) in [6, 6.07) is 10.2. The molecule has 0 spiro atoms. The standard InChI is InChI=1S/C22H25N5O2S2/c1-16-12-17(29-24-16)14-25-6-8-26(9-7-25)15-22(28)27-19(21-5-3-11-31-21)13-18(23-27)20-4-2-10-30-20/h2-5,10-12,19H,6-9,13-15H2,1H3. The first-order chi connectivity index (χ1) is 15.2. The molecule has 1 unspecified atom stereocenters. The minimum absolute atomic E-state index is 0.000538. The summed E-state index contributed by atoms with van der Waals surface area (Å²) in [7, 11) is 0. The second kappa shape index (κ2) is 9.04. The molecule has 0 bridgehead atoms. The molecule has 1 amide bonds. The predicted molar refractivity (Wildman–Crippen MR) is 122 cm³/mol. The van der Waals surface area contributed by atoms with Gasteiger partial charge in [-0.1, -0.05) is 17.3 Å². The topological polar surface area (TPSA) is 65.2 Å². The average molecular weight is 456 g/mol. The molecule has 31 heavy (non-hydrogen) atoms. The van der Waals surface area contributed by atoms with Crippen LogP contribution in [0.1, 0.15) is 33.7 Å². The van der Waals surface area contributed by atoms with Crippen LogP contribution in [-0.4, -0.2) is 64.3 Å². The Labute approximate surface area is 189 Å². The van der Waals surface area contributed by atoms with Gasteiger partial charge >= 0.3 is 0 Å². The zero-order valence-electron chi connectivity index (χ0n) is 17.4. The monoisotopic (exact) mass is 455 g/mol. The first-order valence-corrected chi connectivity index (χ1v) is 12.3. The molecule has 0 radical (unpaired) electrons. The van der Waals surface area contributed by atoms with E-state index in [0.29, 0.717) is 6.54 Å². The molecular formula is C22H25N5O2S2. The summed E-state index contributed by atoms with van der Waals surface area (Å²) in [5.74, 6) is 0.970. The number of hydrogen-bond acceptors (Lipinski definition) is 8. The highest BCUT2D eigenvalue weighted by Crippen LogP contribution is 2.36. The van der Waals surface area contributed by atoms with Crippen LogP contribution in [0, 0.1) is 6.92 Å². The molecule has 9 heteroatoms. The Bertz CT molecular complexity index is 1040. The van der Waals surface area contributed by atoms with Crippen molar-refractivity contribution in [2.75, 3.05) is 32.7 Å². The minimum atomic E-state index is 0.000538. The Hall–Kier alpha value is -2.33. The molecule has 0 aromatic carbocycles. The van der Waals surface area contributed by atoms with Crippen molar-refractivity contribution in [3.8, 4) is 0 Å². The fourth-order valence-electron chi connectivity index (χ4n) is 4.11. The fourth-order valence-corrected chi connectivity index (χ4v) is 5.65. The summed E-state index contributed by atoms with van der Waals surface area (Å²) in [6.07, 6.45) is 0.775. The van der Waals surface area contributed by atoms with Crippen molar-refractivity contribution in [2.24, 2.45) is 5.10 Å². The molecular weight excluding hydrogens is 430 g/mol. The van der Waals surface area contributed by atoms with Gasteiger partial charge in [-0.15, -0.1) is 22.7 Å². The fraction of sp³-hybridized carbons (Fsp3) is 0.409. The van der Waals surface area contributed by atoms with E-state index in [0.717, 1.165) is 61.2 Å². The molecule has 0 N–H and O–H groups in total. The van der Waals surface area contributed by atoms with Gasteiger partial charge in [0.1, 0.15) is 0 Å². The van der Waals surface area contributed by atoms with Gasteiger partial charge in [0, 0.05) is 43.5 Å². The maximum absolute atomic E-state index is 13.3. The Morgan fingerprint density at radius 2 is 1.90 bits per heavy atom. The lowest BCUT2D eigenvalue weighted by Gasteiger charge is -2.34. The third-order valence-electron chi connectivity index (χ3n) is 5.72. The zero-order valence-corrected chi connectivity index (χ0v) is 19.1. The number of aromatic nitrogens is 1. The number of hydrogen-bond donors (Lipinski definition) is 0. The van der Waals surface area contributed by atoms with Crippen molar-refractivity contribution in [2.45, 2.75) is 25.9 Å². The van der Waals surface area contributed by atoms with E-state index >= 15 is 0 Å². The van der Waals surface area contributed by atoms with Gasteiger partial charge in [0.05, 0.1) is 35.4 Å². The number of thiophene rings is 2. The van der Waals surface area contributed by atoms with Gasteiger partial charge in [-0.3, -0.25) is 14.6 Å². The van der Waals surface area contributed by atoms with Crippen LogP contribution in [0.4, 0.5) is 0 Å². The number of aryl methyl sites for hydroxylation is 1. The number of hydrazone groups is 1. The highest BCUT2D eigenvalue weighted by molar-refractivity contribution is 7.12. The third-order valence-corrected chi connectivity index (χ3v) is 7.62. The van der Waals surface area contributed by atoms with E-state index < -0.39 is 0 Å². The molecule has 1 saturated heterocycles. The third kappa shape index (κ3) is 4.64. The number of piperazine rings is 1. The van der Waals surface area contributed by atoms with Crippen LogP contribution in [0.2, 0.25) is 0 Å². The van der Waals surface area contributed by atoms with Crippen molar-refractivity contribution in [1.82, 2.24) is 20.0 Å². The minimum Gasteiger partial charge on any atom is -0.360 e. The van der Waals surface area contributed by atoms with E-state index in [1.54, 1.807) is 27.7 Å². The van der Waals surface area contributed by atoms with Gasteiger partial charge in [0.15, 0.2) is 5.76 Å². The lowest BCUT2D eigenvalue weighted by molar-refractivity contribution is -0.134. The molecule has 0 aliphatic carbocycles. The average Bonchev–Trinajstić information content (AvgIpc) is 3.56. The highest BCUT2D eigenvalue weighted by atomic mass is 32.1. The number of rotatable bonds is 6. The summed E-state index contributed by atoms with van der Waals surface area (Å²) in [6.45, 7) is 6.64. The molecule has 5 rings (SSSR count). The summed E-state index contributed by atoms with van der Waals surface area (Å²) in [5, 5.41) is 14.6. The van der Waals surface area contributed by atoms with E-state index in [1.807, 2.05) is 25.1 Å². The summed E-state index contributed by atoms with van der Waals surface area (Å²) in [5.41, 5.74) is 1.92. The van der Waals surface area contributed by atoms with Crippen LogP contribution in [-0.2, 0) is 11.3 Å². The molecule has 1 atom stereocenters. The van der Waals surface area contributed by atoms with Crippen LogP contribution in [0.25, 0.3) is 0 Å². The van der Waals surface area contributed by atoms with Gasteiger partial charge in [-0.25, -0.2) is 5.01 Å². The molecule has 0 saturated carbocycles. The summed E-state index contributed by atoms with van der Waals surface area (Å²) in [4.78, 5) is 20.2. The zero-order chi connectivity index (χ0) is 21.2. The second-order valence-corrected chi connectivity index (χ2v) is 9.91. The van der Waals surface area contributed by atoms with E-state index in [2.05, 4.69) is 37.8 Å². The predicted octanol–water partition coefficient (Wildman–Crippen LogP) is 3.60. The number of carbonyl (C=O) groups excluding carboxylic acids is 1. The van der Waals surface area contributed by atoms with Gasteiger partial charge < -0.3 is 4.52 Å². The number of amides is 1. The van der Waals surface area contributed by atoms with Crippen molar-refractivity contribution in [3.05, 3.63) is 62.3 Å². The smallest absolute Gasteiger partial charge is 0.257 e. The van der Waals surface area contributed by atoms with Crippen molar-refractivity contribution >= 4 is 34.3 Å². The molecule has 3 aromatic heterocycles. The maximum Gasteiger partial charge on any atom is 0.257 e. The SMILES string of the molecule is Cc1cc(CN2CCN(CC(=O)N3N=C(c4cccs4)CC3c3cccs3)CC2)on1. The molecule has 1 fully saturated rings. The van der Waals surface area contributed by atoms with E-state index in [9.17, 15) is 4.79 Å². The Balaban J connectivity index is 1.21. The van der Waals surface area contributed by atoms with Crippen molar-refractivity contribution in [1.29, 1.82) is 0 Å². The van der Waals surface area contributed by atoms with Crippen LogP contribution in [0.15, 0.2) is 50.7 Å². The van der Waals surface area contributed by atoms with Crippen LogP contribution < -0.4 is 0 Å². The molecule has 2 aliphatic heterocycles.